The van der Waals surface area contributed by atoms with Crippen molar-refractivity contribution in [3.63, 3.8) is 0 Å². The monoisotopic (exact) mass is 432 g/mol. The second kappa shape index (κ2) is 8.60. The van der Waals surface area contributed by atoms with Crippen molar-refractivity contribution in [1.29, 1.82) is 0 Å². The van der Waals surface area contributed by atoms with Crippen LogP contribution in [0.2, 0.25) is 0 Å². The molecule has 0 unspecified atom stereocenters. The van der Waals surface area contributed by atoms with E-state index in [1.54, 1.807) is 12.1 Å². The molecule has 2 atom stereocenters. The van der Waals surface area contributed by atoms with Crippen molar-refractivity contribution < 1.29 is 22.0 Å². The van der Waals surface area contributed by atoms with Crippen molar-refractivity contribution in [3.8, 4) is 0 Å². The number of benzene rings is 3. The summed E-state index contributed by atoms with van der Waals surface area (Å²) in [6.45, 7) is 2.12. The third kappa shape index (κ3) is 4.19. The first-order valence-electron chi connectivity index (χ1n) is 10.9. The zero-order valence-corrected chi connectivity index (χ0v) is 17.4. The summed E-state index contributed by atoms with van der Waals surface area (Å²) in [5, 5.41) is 1.38. The molecule has 0 aromatic heterocycles. The molecule has 0 bridgehead atoms. The molecule has 0 saturated carbocycles. The van der Waals surface area contributed by atoms with Gasteiger partial charge in [0.25, 0.3) is 0 Å². The minimum Gasteiger partial charge on any atom is -0.206 e. The lowest BCUT2D eigenvalue weighted by molar-refractivity contribution is -0.140. The minimum atomic E-state index is -4.72. The van der Waals surface area contributed by atoms with Gasteiger partial charge in [0.2, 0.25) is 0 Å². The molecule has 3 aromatic carbocycles. The molecule has 0 saturated heterocycles. The molecular formula is C26H25F5. The molecule has 0 heterocycles. The van der Waals surface area contributed by atoms with Gasteiger partial charge in [-0.05, 0) is 65.5 Å². The number of halogens is 5. The SMILES string of the molecule is CCCCC[C@@H]1CCc2c(ccc3c(F)cccc23)[C@H]1c1ccc(C(F)(F)F)c(F)c1. The maximum atomic E-state index is 14.4. The van der Waals surface area contributed by atoms with Crippen LogP contribution in [0.25, 0.3) is 10.8 Å². The van der Waals surface area contributed by atoms with Gasteiger partial charge in [-0.15, -0.1) is 0 Å². The molecule has 31 heavy (non-hydrogen) atoms. The summed E-state index contributed by atoms with van der Waals surface area (Å²) >= 11 is 0. The van der Waals surface area contributed by atoms with Crippen LogP contribution >= 0.6 is 0 Å². The van der Waals surface area contributed by atoms with E-state index < -0.39 is 17.6 Å². The molecule has 164 valence electrons. The van der Waals surface area contributed by atoms with Crippen LogP contribution in [0, 0.1) is 17.6 Å². The second-order valence-corrected chi connectivity index (χ2v) is 8.48. The Morgan fingerprint density at radius 3 is 2.42 bits per heavy atom. The minimum absolute atomic E-state index is 0.204. The Morgan fingerprint density at radius 2 is 1.71 bits per heavy atom. The molecule has 5 heteroatoms. The summed E-state index contributed by atoms with van der Waals surface area (Å²) < 4.78 is 68.0. The van der Waals surface area contributed by atoms with Gasteiger partial charge in [0, 0.05) is 11.3 Å². The highest BCUT2D eigenvalue weighted by atomic mass is 19.4. The average Bonchev–Trinajstić information content (AvgIpc) is 2.72. The fraction of sp³-hybridized carbons (Fsp3) is 0.385. The number of fused-ring (bicyclic) bond motifs is 3. The van der Waals surface area contributed by atoms with Gasteiger partial charge in [-0.2, -0.15) is 13.2 Å². The summed E-state index contributed by atoms with van der Waals surface area (Å²) in [5.41, 5.74) is 1.32. The van der Waals surface area contributed by atoms with Crippen LogP contribution in [-0.4, -0.2) is 0 Å². The predicted molar refractivity (Wildman–Crippen MR) is 113 cm³/mol. The van der Waals surface area contributed by atoms with E-state index in [2.05, 4.69) is 6.92 Å². The number of rotatable bonds is 5. The van der Waals surface area contributed by atoms with Crippen molar-refractivity contribution in [1.82, 2.24) is 0 Å². The van der Waals surface area contributed by atoms with Crippen LogP contribution in [0.5, 0.6) is 0 Å². The van der Waals surface area contributed by atoms with E-state index in [1.807, 2.05) is 12.1 Å². The quantitative estimate of drug-likeness (QED) is 0.280. The van der Waals surface area contributed by atoms with Crippen molar-refractivity contribution in [2.24, 2.45) is 5.92 Å². The molecule has 0 aliphatic heterocycles. The summed E-state index contributed by atoms with van der Waals surface area (Å²) in [6, 6.07) is 11.9. The average molecular weight is 432 g/mol. The summed E-state index contributed by atoms with van der Waals surface area (Å²) in [5.74, 6) is -1.52. The molecule has 3 aromatic rings. The summed E-state index contributed by atoms with van der Waals surface area (Å²) in [6.07, 6.45) is 1.03. The molecular weight excluding hydrogens is 407 g/mol. The normalized spacial score (nSPS) is 18.9. The summed E-state index contributed by atoms with van der Waals surface area (Å²) in [4.78, 5) is 0. The smallest absolute Gasteiger partial charge is 0.206 e. The first-order valence-corrected chi connectivity index (χ1v) is 10.9. The highest BCUT2D eigenvalue weighted by Gasteiger charge is 2.36. The van der Waals surface area contributed by atoms with Gasteiger partial charge in [-0.25, -0.2) is 8.78 Å². The van der Waals surface area contributed by atoms with Crippen molar-refractivity contribution in [3.05, 3.63) is 82.4 Å². The maximum Gasteiger partial charge on any atom is 0.419 e. The van der Waals surface area contributed by atoms with Crippen molar-refractivity contribution in [2.45, 2.75) is 57.5 Å². The molecule has 0 radical (unpaired) electrons. The molecule has 4 rings (SSSR count). The number of aryl methyl sites for hydroxylation is 1. The van der Waals surface area contributed by atoms with Crippen LogP contribution < -0.4 is 0 Å². The van der Waals surface area contributed by atoms with E-state index in [0.29, 0.717) is 10.9 Å². The highest BCUT2D eigenvalue weighted by Crippen LogP contribution is 2.46. The number of hydrogen-bond acceptors (Lipinski definition) is 0. The molecule has 1 aliphatic carbocycles. The Morgan fingerprint density at radius 1 is 0.903 bits per heavy atom. The Kier molecular flexibility index (Phi) is 6.05. The topological polar surface area (TPSA) is 0 Å². The zero-order chi connectivity index (χ0) is 22.2. The standard InChI is InChI=1S/C26H25F5/c1-2-3-4-6-16-9-11-19-18-7-5-8-23(27)20(18)12-13-21(19)25(16)17-10-14-22(24(28)15-17)26(29,30)31/h5,7-8,10,12-16,25H,2-4,6,9,11H2,1H3/t16-,25-/m1/s1. The second-order valence-electron chi connectivity index (χ2n) is 8.48. The van der Waals surface area contributed by atoms with E-state index in [-0.39, 0.29) is 17.7 Å². The Balaban J connectivity index is 1.83. The van der Waals surface area contributed by atoms with E-state index in [0.717, 1.165) is 67.2 Å². The third-order valence-electron chi connectivity index (χ3n) is 6.56. The van der Waals surface area contributed by atoms with Crippen molar-refractivity contribution >= 4 is 10.8 Å². The van der Waals surface area contributed by atoms with E-state index in [9.17, 15) is 22.0 Å². The molecule has 0 spiro atoms. The molecule has 0 nitrogen and oxygen atoms in total. The third-order valence-corrected chi connectivity index (χ3v) is 6.56. The van der Waals surface area contributed by atoms with Crippen LogP contribution in [-0.2, 0) is 12.6 Å². The number of unbranched alkanes of at least 4 members (excludes halogenated alkanes) is 2. The van der Waals surface area contributed by atoms with E-state index >= 15 is 0 Å². The Hall–Kier alpha value is -2.43. The predicted octanol–water partition coefficient (Wildman–Crippen LogP) is 8.41. The first-order chi connectivity index (χ1) is 14.8. The van der Waals surface area contributed by atoms with E-state index in [1.165, 1.54) is 12.1 Å². The lowest BCUT2D eigenvalue weighted by Gasteiger charge is -2.35. The lowest BCUT2D eigenvalue weighted by atomic mass is 9.69. The first kappa shape index (κ1) is 21.8. The van der Waals surface area contributed by atoms with Crippen LogP contribution in [0.1, 0.15) is 67.2 Å². The number of alkyl halides is 3. The van der Waals surface area contributed by atoms with Gasteiger partial charge in [0.15, 0.2) is 0 Å². The largest absolute Gasteiger partial charge is 0.419 e. The zero-order valence-electron chi connectivity index (χ0n) is 17.4. The molecule has 0 amide bonds. The van der Waals surface area contributed by atoms with Gasteiger partial charge in [-0.1, -0.05) is 56.5 Å². The van der Waals surface area contributed by atoms with Gasteiger partial charge >= 0.3 is 6.18 Å². The van der Waals surface area contributed by atoms with E-state index in [4.69, 9.17) is 0 Å². The Labute approximate surface area is 179 Å². The fourth-order valence-electron chi connectivity index (χ4n) is 5.09. The van der Waals surface area contributed by atoms with Gasteiger partial charge in [-0.3, -0.25) is 0 Å². The van der Waals surface area contributed by atoms with Gasteiger partial charge < -0.3 is 0 Å². The van der Waals surface area contributed by atoms with Crippen LogP contribution in [0.4, 0.5) is 22.0 Å². The number of hydrogen-bond donors (Lipinski definition) is 0. The fourth-order valence-corrected chi connectivity index (χ4v) is 5.09. The highest BCUT2D eigenvalue weighted by molar-refractivity contribution is 5.88. The lowest BCUT2D eigenvalue weighted by Crippen LogP contribution is -2.23. The molecule has 1 aliphatic rings. The van der Waals surface area contributed by atoms with Crippen LogP contribution in [0.3, 0.4) is 0 Å². The van der Waals surface area contributed by atoms with Gasteiger partial charge in [0.05, 0.1) is 5.56 Å². The maximum absolute atomic E-state index is 14.4. The summed E-state index contributed by atoms with van der Waals surface area (Å²) in [7, 11) is 0. The molecule has 0 N–H and O–H groups in total. The van der Waals surface area contributed by atoms with Crippen molar-refractivity contribution in [2.75, 3.05) is 0 Å². The molecule has 0 fully saturated rings. The van der Waals surface area contributed by atoms with Gasteiger partial charge in [0.1, 0.15) is 11.6 Å². The van der Waals surface area contributed by atoms with Crippen LogP contribution in [0.15, 0.2) is 48.5 Å². The Bertz CT molecular complexity index is 1080.